The minimum Gasteiger partial charge on any atom is -0.378 e. The van der Waals surface area contributed by atoms with Crippen molar-refractivity contribution in [2.24, 2.45) is 0 Å². The molecule has 0 aliphatic carbocycles. The number of hydrogen-bond acceptors (Lipinski definition) is 3. The summed E-state index contributed by atoms with van der Waals surface area (Å²) in [6.45, 7) is 2.01. The Balaban J connectivity index is 2.01. The van der Waals surface area contributed by atoms with E-state index in [1.54, 1.807) is 17.0 Å². The van der Waals surface area contributed by atoms with Crippen molar-refractivity contribution in [3.8, 4) is 0 Å². The van der Waals surface area contributed by atoms with E-state index < -0.39 is 5.91 Å². The Hall–Kier alpha value is -0.920. The van der Waals surface area contributed by atoms with E-state index in [4.69, 9.17) is 4.74 Å². The average Bonchev–Trinajstić information content (AvgIpc) is 2.38. The van der Waals surface area contributed by atoms with Gasteiger partial charge in [-0.1, -0.05) is 31.9 Å². The molecule has 1 aliphatic rings. The summed E-state index contributed by atoms with van der Waals surface area (Å²) in [4.78, 5) is 25.4. The van der Waals surface area contributed by atoms with Crippen LogP contribution < -0.4 is 5.32 Å². The van der Waals surface area contributed by atoms with Gasteiger partial charge in [-0.2, -0.15) is 0 Å². The number of rotatable bonds is 1. The van der Waals surface area contributed by atoms with Crippen LogP contribution in [-0.4, -0.2) is 43.1 Å². The molecule has 0 unspecified atom stereocenters. The van der Waals surface area contributed by atoms with Gasteiger partial charge in [0.05, 0.1) is 13.2 Å². The molecular weight excluding hydrogens is 380 g/mol. The van der Waals surface area contributed by atoms with Gasteiger partial charge < -0.3 is 9.64 Å². The predicted molar refractivity (Wildman–Crippen MR) is 77.1 cm³/mol. The zero-order valence-electron chi connectivity index (χ0n) is 9.99. The van der Waals surface area contributed by atoms with Gasteiger partial charge in [-0.05, 0) is 18.2 Å². The molecule has 3 amide bonds. The van der Waals surface area contributed by atoms with Gasteiger partial charge in [0.25, 0.3) is 5.91 Å². The molecule has 0 aromatic heterocycles. The molecule has 0 saturated carbocycles. The number of morpholine rings is 1. The summed E-state index contributed by atoms with van der Waals surface area (Å²) in [5.41, 5.74) is 0.419. The van der Waals surface area contributed by atoms with Gasteiger partial charge in [-0.3, -0.25) is 10.1 Å². The van der Waals surface area contributed by atoms with E-state index in [1.165, 1.54) is 0 Å². The lowest BCUT2D eigenvalue weighted by molar-refractivity contribution is 0.0524. The van der Waals surface area contributed by atoms with Crippen LogP contribution in [0.4, 0.5) is 4.79 Å². The topological polar surface area (TPSA) is 58.6 Å². The third-order valence-electron chi connectivity index (χ3n) is 2.64. The number of halogens is 2. The molecule has 1 heterocycles. The summed E-state index contributed by atoms with van der Waals surface area (Å²) in [7, 11) is 0. The monoisotopic (exact) mass is 390 g/mol. The third-order valence-corrected chi connectivity index (χ3v) is 3.56. The Morgan fingerprint density at radius 1 is 1.11 bits per heavy atom. The van der Waals surface area contributed by atoms with E-state index in [-0.39, 0.29) is 6.03 Å². The van der Waals surface area contributed by atoms with Gasteiger partial charge in [0, 0.05) is 27.6 Å². The Morgan fingerprint density at radius 2 is 1.68 bits per heavy atom. The highest BCUT2D eigenvalue weighted by Gasteiger charge is 2.19. The van der Waals surface area contributed by atoms with Crippen LogP contribution in [0, 0.1) is 0 Å². The zero-order valence-corrected chi connectivity index (χ0v) is 13.2. The number of nitrogens with one attached hydrogen (secondary N) is 1. The van der Waals surface area contributed by atoms with Gasteiger partial charge in [0.15, 0.2) is 0 Å². The van der Waals surface area contributed by atoms with Crippen molar-refractivity contribution in [3.63, 3.8) is 0 Å². The van der Waals surface area contributed by atoms with Gasteiger partial charge in [-0.15, -0.1) is 0 Å². The van der Waals surface area contributed by atoms with E-state index in [0.717, 1.165) is 8.95 Å². The largest absolute Gasteiger partial charge is 0.378 e. The number of imide groups is 1. The van der Waals surface area contributed by atoms with Gasteiger partial charge >= 0.3 is 6.03 Å². The number of carbonyl (C=O) groups is 2. The first-order valence-electron chi connectivity index (χ1n) is 5.70. The van der Waals surface area contributed by atoms with Crippen LogP contribution >= 0.6 is 31.9 Å². The molecule has 0 bridgehead atoms. The third kappa shape index (κ3) is 4.02. The van der Waals surface area contributed by atoms with Crippen LogP contribution in [0.15, 0.2) is 27.1 Å². The average molecular weight is 392 g/mol. The molecule has 1 N–H and O–H groups in total. The predicted octanol–water partition coefficient (Wildman–Crippen LogP) is 2.39. The van der Waals surface area contributed by atoms with Crippen molar-refractivity contribution in [2.75, 3.05) is 26.3 Å². The summed E-state index contributed by atoms with van der Waals surface area (Å²) in [6.07, 6.45) is 0. The van der Waals surface area contributed by atoms with Crippen LogP contribution in [0.25, 0.3) is 0 Å². The summed E-state index contributed by atoms with van der Waals surface area (Å²) in [6, 6.07) is 4.75. The molecule has 1 aliphatic heterocycles. The first-order valence-corrected chi connectivity index (χ1v) is 7.29. The van der Waals surface area contributed by atoms with Gasteiger partial charge in [0.2, 0.25) is 0 Å². The number of nitrogens with zero attached hydrogens (tertiary/aromatic N) is 1. The van der Waals surface area contributed by atoms with E-state index in [1.807, 2.05) is 6.07 Å². The fourth-order valence-electron chi connectivity index (χ4n) is 1.70. The van der Waals surface area contributed by atoms with E-state index in [0.29, 0.717) is 31.9 Å². The van der Waals surface area contributed by atoms with Crippen molar-refractivity contribution in [1.29, 1.82) is 0 Å². The Kier molecular flexibility index (Phi) is 4.95. The minimum absolute atomic E-state index is 0.385. The molecule has 0 atom stereocenters. The van der Waals surface area contributed by atoms with Crippen LogP contribution in [0.3, 0.4) is 0 Å². The highest BCUT2D eigenvalue weighted by molar-refractivity contribution is 9.11. The van der Waals surface area contributed by atoms with Crippen LogP contribution in [0.5, 0.6) is 0 Å². The van der Waals surface area contributed by atoms with E-state index in [9.17, 15) is 9.59 Å². The van der Waals surface area contributed by atoms with Gasteiger partial charge in [0.1, 0.15) is 0 Å². The lowest BCUT2D eigenvalue weighted by Crippen LogP contribution is -2.47. The number of ether oxygens (including phenoxy) is 1. The number of carbonyl (C=O) groups excluding carboxylic acids is 2. The second kappa shape index (κ2) is 6.49. The Morgan fingerprint density at radius 3 is 2.26 bits per heavy atom. The molecule has 2 rings (SSSR count). The molecular formula is C12H12Br2N2O3. The fraction of sp³-hybridized carbons (Fsp3) is 0.333. The summed E-state index contributed by atoms with van der Waals surface area (Å²) in [5, 5.41) is 2.37. The highest BCUT2D eigenvalue weighted by atomic mass is 79.9. The summed E-state index contributed by atoms with van der Waals surface area (Å²) in [5.74, 6) is -0.418. The van der Waals surface area contributed by atoms with Crippen molar-refractivity contribution in [1.82, 2.24) is 10.2 Å². The fourth-order valence-corrected chi connectivity index (χ4v) is 2.99. The van der Waals surface area contributed by atoms with Crippen LogP contribution in [-0.2, 0) is 4.74 Å². The molecule has 19 heavy (non-hydrogen) atoms. The second-order valence-corrected chi connectivity index (χ2v) is 5.85. The number of urea groups is 1. The quantitative estimate of drug-likeness (QED) is 0.799. The Bertz CT molecular complexity index is 481. The maximum Gasteiger partial charge on any atom is 0.324 e. The van der Waals surface area contributed by atoms with Crippen LogP contribution in [0.1, 0.15) is 10.4 Å². The molecule has 0 radical (unpaired) electrons. The van der Waals surface area contributed by atoms with Crippen molar-refractivity contribution < 1.29 is 14.3 Å². The summed E-state index contributed by atoms with van der Waals surface area (Å²) >= 11 is 6.60. The van der Waals surface area contributed by atoms with Crippen molar-refractivity contribution in [3.05, 3.63) is 32.7 Å². The van der Waals surface area contributed by atoms with Gasteiger partial charge in [-0.25, -0.2) is 4.79 Å². The summed E-state index contributed by atoms with van der Waals surface area (Å²) < 4.78 is 6.69. The van der Waals surface area contributed by atoms with Crippen molar-refractivity contribution in [2.45, 2.75) is 0 Å². The first kappa shape index (κ1) is 14.5. The number of hydrogen-bond donors (Lipinski definition) is 1. The highest BCUT2D eigenvalue weighted by Crippen LogP contribution is 2.20. The molecule has 5 nitrogen and oxygen atoms in total. The molecule has 0 spiro atoms. The number of amides is 3. The Labute approximate surface area is 127 Å². The normalized spacial score (nSPS) is 15.2. The maximum absolute atomic E-state index is 12.0. The second-order valence-electron chi connectivity index (χ2n) is 4.02. The molecule has 7 heteroatoms. The molecule has 1 saturated heterocycles. The van der Waals surface area contributed by atoms with Crippen molar-refractivity contribution >= 4 is 43.8 Å². The molecule has 1 aromatic carbocycles. The standard InChI is InChI=1S/C12H12Br2N2O3/c13-9-5-8(6-10(14)7-9)11(17)15-12(18)16-1-3-19-4-2-16/h5-7H,1-4H2,(H,15,17,18). The first-order chi connectivity index (χ1) is 9.06. The van der Waals surface area contributed by atoms with Crippen LogP contribution in [0.2, 0.25) is 0 Å². The smallest absolute Gasteiger partial charge is 0.324 e. The lowest BCUT2D eigenvalue weighted by atomic mass is 10.2. The SMILES string of the molecule is O=C(NC(=O)N1CCOCC1)c1cc(Br)cc(Br)c1. The van der Waals surface area contributed by atoms with E-state index in [2.05, 4.69) is 37.2 Å². The zero-order chi connectivity index (χ0) is 13.8. The molecule has 1 fully saturated rings. The maximum atomic E-state index is 12.0. The minimum atomic E-state index is -0.418. The molecule has 1 aromatic rings. The molecule has 102 valence electrons. The lowest BCUT2D eigenvalue weighted by Gasteiger charge is -2.26. The van der Waals surface area contributed by atoms with E-state index >= 15 is 0 Å². The number of benzene rings is 1.